The van der Waals surface area contributed by atoms with Gasteiger partial charge in [0.15, 0.2) is 5.78 Å². The Labute approximate surface area is 237 Å². The molecule has 4 aromatic rings. The normalized spacial score (nSPS) is 12.2. The summed E-state index contributed by atoms with van der Waals surface area (Å²) < 4.78 is 44.2. The monoisotopic (exact) mass is 562 g/mol. The Morgan fingerprint density at radius 3 is 2.27 bits per heavy atom. The number of hydrogen-bond acceptors (Lipinski definition) is 4. The van der Waals surface area contributed by atoms with Gasteiger partial charge in [0.2, 0.25) is 0 Å². The first-order valence-corrected chi connectivity index (χ1v) is 13.5. The van der Waals surface area contributed by atoms with Crippen LogP contribution in [0.1, 0.15) is 84.9 Å². The van der Waals surface area contributed by atoms with Crippen LogP contribution >= 0.6 is 0 Å². The number of amides is 1. The van der Waals surface area contributed by atoms with Crippen molar-refractivity contribution in [3.63, 3.8) is 0 Å². The zero-order chi connectivity index (χ0) is 29.8. The van der Waals surface area contributed by atoms with E-state index in [-0.39, 0.29) is 42.6 Å². The first-order valence-electron chi connectivity index (χ1n) is 13.5. The minimum Gasteiger partial charge on any atom is -0.366 e. The van der Waals surface area contributed by atoms with E-state index in [1.165, 1.54) is 24.3 Å². The molecule has 1 atom stereocenters. The first-order chi connectivity index (χ1) is 19.4. The number of carbonyl (C=O) groups is 2. The molecule has 9 heteroatoms. The molecule has 0 aliphatic carbocycles. The van der Waals surface area contributed by atoms with Gasteiger partial charge in [-0.05, 0) is 65.8 Å². The maximum atomic E-state index is 14.2. The number of ketones is 1. The van der Waals surface area contributed by atoms with E-state index >= 15 is 0 Å². The molecule has 6 nitrogen and oxygen atoms in total. The summed E-state index contributed by atoms with van der Waals surface area (Å²) in [5, 5.41) is 4.66. The summed E-state index contributed by atoms with van der Waals surface area (Å²) in [6.07, 6.45) is 1.67. The van der Waals surface area contributed by atoms with Gasteiger partial charge in [-0.2, -0.15) is 5.10 Å². The Morgan fingerprint density at radius 1 is 0.927 bits per heavy atom. The Bertz CT molecular complexity index is 1560. The third kappa shape index (κ3) is 7.09. The standard InChI is InChI=1S/C32H33F3N4O2/c1-18(2)29-16-30(19(3)4)39(38-29)17-25(40)13-22(10-20-11-23(33)15-24(34)12-20)31-26(6-5-9-37-31)21-7-8-28(35)27(14-21)32(36)41/h5-9,11-12,14-16,18-19,22H,10,13,17H2,1-4H3,(H2,36,41)/t22-/m1/s1. The maximum Gasteiger partial charge on any atom is 0.251 e. The second-order valence-corrected chi connectivity index (χ2v) is 10.9. The van der Waals surface area contributed by atoms with Crippen molar-refractivity contribution in [2.24, 2.45) is 5.73 Å². The van der Waals surface area contributed by atoms with Gasteiger partial charge in [-0.15, -0.1) is 0 Å². The molecule has 0 bridgehead atoms. The summed E-state index contributed by atoms with van der Waals surface area (Å²) in [6.45, 7) is 8.17. The number of nitrogens with two attached hydrogens (primary N) is 1. The summed E-state index contributed by atoms with van der Waals surface area (Å²) in [6, 6.07) is 12.7. The molecule has 0 saturated heterocycles. The zero-order valence-electron chi connectivity index (χ0n) is 23.5. The molecule has 0 aliphatic heterocycles. The number of carbonyl (C=O) groups excluding carboxylic acids is 2. The molecule has 2 aromatic carbocycles. The summed E-state index contributed by atoms with van der Waals surface area (Å²) in [4.78, 5) is 29.9. The molecular weight excluding hydrogens is 529 g/mol. The van der Waals surface area contributed by atoms with Crippen LogP contribution in [0, 0.1) is 17.5 Å². The van der Waals surface area contributed by atoms with Crippen molar-refractivity contribution in [3.05, 3.63) is 106 Å². The molecule has 0 aliphatic rings. The predicted molar refractivity (Wildman–Crippen MR) is 151 cm³/mol. The second kappa shape index (κ2) is 12.5. The van der Waals surface area contributed by atoms with Crippen molar-refractivity contribution in [1.29, 1.82) is 0 Å². The highest BCUT2D eigenvalue weighted by molar-refractivity contribution is 5.94. The van der Waals surface area contributed by atoms with E-state index in [9.17, 15) is 22.8 Å². The number of benzene rings is 2. The average molecular weight is 563 g/mol. The molecule has 2 heterocycles. The van der Waals surface area contributed by atoms with Crippen LogP contribution in [0.15, 0.2) is 60.8 Å². The van der Waals surface area contributed by atoms with Gasteiger partial charge in [0.25, 0.3) is 5.91 Å². The quantitative estimate of drug-likeness (QED) is 0.220. The van der Waals surface area contributed by atoms with Crippen molar-refractivity contribution >= 4 is 11.7 Å². The molecule has 214 valence electrons. The number of halogens is 3. The molecule has 0 spiro atoms. The van der Waals surface area contributed by atoms with Crippen molar-refractivity contribution in [3.8, 4) is 11.1 Å². The van der Waals surface area contributed by atoms with Crippen molar-refractivity contribution < 1.29 is 22.8 Å². The number of rotatable bonds is 11. The van der Waals surface area contributed by atoms with Crippen LogP contribution in [0.2, 0.25) is 0 Å². The lowest BCUT2D eigenvalue weighted by atomic mass is 9.86. The zero-order valence-corrected chi connectivity index (χ0v) is 23.5. The van der Waals surface area contributed by atoms with Crippen LogP contribution in [0.3, 0.4) is 0 Å². The third-order valence-corrected chi connectivity index (χ3v) is 6.99. The Balaban J connectivity index is 1.74. The maximum absolute atomic E-state index is 14.2. The summed E-state index contributed by atoms with van der Waals surface area (Å²) in [7, 11) is 0. The molecular formula is C32H33F3N4O2. The number of Topliss-reactive ketones (excluding diaryl/α,β-unsaturated/α-hetero) is 1. The van der Waals surface area contributed by atoms with Gasteiger partial charge < -0.3 is 5.73 Å². The topological polar surface area (TPSA) is 90.9 Å². The molecule has 2 N–H and O–H groups in total. The van der Waals surface area contributed by atoms with E-state index in [4.69, 9.17) is 5.73 Å². The summed E-state index contributed by atoms with van der Waals surface area (Å²) >= 11 is 0. The predicted octanol–water partition coefficient (Wildman–Crippen LogP) is 6.69. The minimum atomic E-state index is -0.919. The van der Waals surface area contributed by atoms with Gasteiger partial charge in [-0.3, -0.25) is 19.3 Å². The lowest BCUT2D eigenvalue weighted by molar-refractivity contribution is -0.120. The van der Waals surface area contributed by atoms with Crippen LogP contribution in [-0.2, 0) is 17.8 Å². The molecule has 41 heavy (non-hydrogen) atoms. The number of aromatic nitrogens is 3. The summed E-state index contributed by atoms with van der Waals surface area (Å²) in [5.74, 6) is -3.52. The highest BCUT2D eigenvalue weighted by Crippen LogP contribution is 2.34. The van der Waals surface area contributed by atoms with Gasteiger partial charge in [0, 0.05) is 35.9 Å². The molecule has 2 aromatic heterocycles. The fourth-order valence-electron chi connectivity index (χ4n) is 4.98. The van der Waals surface area contributed by atoms with Gasteiger partial charge in [0.05, 0.1) is 23.5 Å². The fourth-order valence-corrected chi connectivity index (χ4v) is 4.98. The van der Waals surface area contributed by atoms with Gasteiger partial charge in [-0.25, -0.2) is 13.2 Å². The fraction of sp³-hybridized carbons (Fsp3) is 0.312. The average Bonchev–Trinajstić information content (AvgIpc) is 3.32. The smallest absolute Gasteiger partial charge is 0.251 e. The van der Waals surface area contributed by atoms with Crippen molar-refractivity contribution in [2.75, 3.05) is 0 Å². The van der Waals surface area contributed by atoms with Crippen LogP contribution in [-0.4, -0.2) is 26.5 Å². The third-order valence-electron chi connectivity index (χ3n) is 6.99. The Hall–Kier alpha value is -4.27. The Kier molecular flexibility index (Phi) is 9.05. The number of primary amides is 1. The lowest BCUT2D eigenvalue weighted by Crippen LogP contribution is -2.19. The van der Waals surface area contributed by atoms with Crippen LogP contribution in [0.5, 0.6) is 0 Å². The van der Waals surface area contributed by atoms with Gasteiger partial charge in [-0.1, -0.05) is 39.8 Å². The highest BCUT2D eigenvalue weighted by atomic mass is 19.1. The van der Waals surface area contributed by atoms with E-state index < -0.39 is 29.3 Å². The SMILES string of the molecule is CC(C)c1cc(C(C)C)n(CC(=O)C[C@@H](Cc2cc(F)cc(F)c2)c2ncccc2-c2ccc(F)c(C(N)=O)c2)n1. The highest BCUT2D eigenvalue weighted by Gasteiger charge is 2.24. The molecule has 1 amide bonds. The molecule has 0 fully saturated rings. The van der Waals surface area contributed by atoms with Crippen LogP contribution in [0.4, 0.5) is 13.2 Å². The molecule has 0 saturated carbocycles. The van der Waals surface area contributed by atoms with Crippen molar-refractivity contribution in [2.45, 2.75) is 64.8 Å². The van der Waals surface area contributed by atoms with Crippen LogP contribution in [0.25, 0.3) is 11.1 Å². The first kappa shape index (κ1) is 29.7. The number of nitrogens with zero attached hydrogens (tertiary/aromatic N) is 3. The second-order valence-electron chi connectivity index (χ2n) is 10.9. The van der Waals surface area contributed by atoms with E-state index in [0.717, 1.165) is 23.5 Å². The summed E-state index contributed by atoms with van der Waals surface area (Å²) in [5.41, 5.74) is 8.77. The van der Waals surface area contributed by atoms with Gasteiger partial charge in [0.1, 0.15) is 17.5 Å². The number of hydrogen-bond donors (Lipinski definition) is 1. The van der Waals surface area contributed by atoms with E-state index in [1.54, 1.807) is 23.0 Å². The van der Waals surface area contributed by atoms with E-state index in [2.05, 4.69) is 10.1 Å². The van der Waals surface area contributed by atoms with E-state index in [0.29, 0.717) is 22.4 Å². The Morgan fingerprint density at radius 2 is 1.63 bits per heavy atom. The molecule has 0 unspecified atom stereocenters. The molecule has 0 radical (unpaired) electrons. The van der Waals surface area contributed by atoms with Gasteiger partial charge >= 0.3 is 0 Å². The lowest BCUT2D eigenvalue weighted by Gasteiger charge is -2.20. The number of pyridine rings is 1. The largest absolute Gasteiger partial charge is 0.366 e. The van der Waals surface area contributed by atoms with Crippen LogP contribution < -0.4 is 5.73 Å². The molecule has 4 rings (SSSR count). The minimum absolute atomic E-state index is 0.000421. The van der Waals surface area contributed by atoms with Crippen molar-refractivity contribution in [1.82, 2.24) is 14.8 Å². The van der Waals surface area contributed by atoms with E-state index in [1.807, 2.05) is 33.8 Å².